The van der Waals surface area contributed by atoms with E-state index in [1.165, 1.54) is 37.4 Å². The van der Waals surface area contributed by atoms with E-state index >= 15 is 0 Å². The lowest BCUT2D eigenvalue weighted by Gasteiger charge is -2.11. The molecule has 0 fully saturated rings. The standard InChI is InChI=1S/C19H17ClN2O5S2/c1-21-28(23,24)16-5-4-6-17(13-16)29(25,26)22-14-9-11-15(12-10-14)27-19-8-3-2-7-18(19)20/h2-13,21-22H,1H3. The first-order valence-corrected chi connectivity index (χ1v) is 11.6. The molecule has 7 nitrogen and oxygen atoms in total. The van der Waals surface area contributed by atoms with E-state index in [1.807, 2.05) is 0 Å². The van der Waals surface area contributed by atoms with Gasteiger partial charge in [0.2, 0.25) is 10.0 Å². The van der Waals surface area contributed by atoms with Crippen molar-refractivity contribution in [3.8, 4) is 11.5 Å². The highest BCUT2D eigenvalue weighted by Gasteiger charge is 2.18. The molecule has 152 valence electrons. The summed E-state index contributed by atoms with van der Waals surface area (Å²) < 4.78 is 59.3. The number of anilines is 1. The van der Waals surface area contributed by atoms with E-state index in [2.05, 4.69) is 9.44 Å². The number of nitrogens with one attached hydrogen (secondary N) is 2. The zero-order valence-electron chi connectivity index (χ0n) is 15.2. The van der Waals surface area contributed by atoms with E-state index in [4.69, 9.17) is 16.3 Å². The zero-order valence-corrected chi connectivity index (χ0v) is 17.6. The van der Waals surface area contributed by atoms with Crippen molar-refractivity contribution in [3.63, 3.8) is 0 Å². The summed E-state index contributed by atoms with van der Waals surface area (Å²) in [6, 6.07) is 18.3. The van der Waals surface area contributed by atoms with Crippen molar-refractivity contribution in [3.05, 3.63) is 77.8 Å². The van der Waals surface area contributed by atoms with Gasteiger partial charge in [0, 0.05) is 5.69 Å². The molecule has 0 aliphatic carbocycles. The van der Waals surface area contributed by atoms with Gasteiger partial charge in [-0.3, -0.25) is 4.72 Å². The van der Waals surface area contributed by atoms with Crippen molar-refractivity contribution in [1.82, 2.24) is 4.72 Å². The molecule has 3 aromatic carbocycles. The summed E-state index contributed by atoms with van der Waals surface area (Å²) in [4.78, 5) is -0.323. The molecule has 0 aliphatic rings. The summed E-state index contributed by atoms with van der Waals surface area (Å²) in [5.74, 6) is 0.952. The van der Waals surface area contributed by atoms with Gasteiger partial charge in [0.25, 0.3) is 10.0 Å². The van der Waals surface area contributed by atoms with E-state index in [9.17, 15) is 16.8 Å². The molecule has 3 rings (SSSR count). The summed E-state index contributed by atoms with van der Waals surface area (Å²) in [6.45, 7) is 0. The minimum Gasteiger partial charge on any atom is -0.456 e. The Morgan fingerprint density at radius 1 is 0.793 bits per heavy atom. The molecule has 0 atom stereocenters. The van der Waals surface area contributed by atoms with Crippen LogP contribution in [0.25, 0.3) is 0 Å². The van der Waals surface area contributed by atoms with Gasteiger partial charge in [0.15, 0.2) is 0 Å². The molecular weight excluding hydrogens is 436 g/mol. The lowest BCUT2D eigenvalue weighted by molar-refractivity contribution is 0.483. The molecule has 3 aromatic rings. The average Bonchev–Trinajstić information content (AvgIpc) is 2.71. The maximum Gasteiger partial charge on any atom is 0.261 e. The Hall–Kier alpha value is -2.59. The zero-order chi connectivity index (χ0) is 21.1. The Labute approximate surface area is 174 Å². The molecule has 2 N–H and O–H groups in total. The predicted molar refractivity (Wildman–Crippen MR) is 111 cm³/mol. The number of ether oxygens (including phenoxy) is 1. The summed E-state index contributed by atoms with van der Waals surface area (Å²) in [6.07, 6.45) is 0. The Balaban J connectivity index is 1.79. The van der Waals surface area contributed by atoms with Crippen LogP contribution in [0.5, 0.6) is 11.5 Å². The van der Waals surface area contributed by atoms with Gasteiger partial charge in [-0.1, -0.05) is 29.8 Å². The second-order valence-electron chi connectivity index (χ2n) is 5.84. The van der Waals surface area contributed by atoms with Crippen LogP contribution in [0.3, 0.4) is 0 Å². The third kappa shape index (κ3) is 5.07. The molecule has 0 heterocycles. The number of sulfonamides is 2. The van der Waals surface area contributed by atoms with E-state index in [-0.39, 0.29) is 9.79 Å². The first-order chi connectivity index (χ1) is 13.7. The van der Waals surface area contributed by atoms with Gasteiger partial charge < -0.3 is 4.74 Å². The molecular formula is C19H17ClN2O5S2. The molecule has 0 bridgehead atoms. The highest BCUT2D eigenvalue weighted by molar-refractivity contribution is 7.93. The minimum atomic E-state index is -3.99. The third-order valence-electron chi connectivity index (χ3n) is 3.87. The van der Waals surface area contributed by atoms with Crippen molar-refractivity contribution >= 4 is 37.3 Å². The highest BCUT2D eigenvalue weighted by atomic mass is 35.5. The fraction of sp³-hybridized carbons (Fsp3) is 0.0526. The number of halogens is 1. The average molecular weight is 453 g/mol. The largest absolute Gasteiger partial charge is 0.456 e. The number of benzene rings is 3. The topological polar surface area (TPSA) is 102 Å². The number of hydrogen-bond acceptors (Lipinski definition) is 5. The minimum absolute atomic E-state index is 0.147. The normalized spacial score (nSPS) is 11.8. The van der Waals surface area contributed by atoms with Gasteiger partial charge in [-0.05, 0) is 61.6 Å². The van der Waals surface area contributed by atoms with Crippen LogP contribution in [0.2, 0.25) is 5.02 Å². The summed E-state index contributed by atoms with van der Waals surface area (Å²) in [5, 5.41) is 0.452. The summed E-state index contributed by atoms with van der Waals surface area (Å²) in [5.41, 5.74) is 0.290. The molecule has 0 aromatic heterocycles. The van der Waals surface area contributed by atoms with E-state index in [0.29, 0.717) is 22.2 Å². The van der Waals surface area contributed by atoms with Gasteiger partial charge in [0.1, 0.15) is 11.5 Å². The Morgan fingerprint density at radius 2 is 1.41 bits per heavy atom. The first kappa shape index (κ1) is 21.1. The Morgan fingerprint density at radius 3 is 2.03 bits per heavy atom. The van der Waals surface area contributed by atoms with Crippen LogP contribution in [-0.4, -0.2) is 23.9 Å². The van der Waals surface area contributed by atoms with Crippen LogP contribution in [0.4, 0.5) is 5.69 Å². The molecule has 0 saturated carbocycles. The third-order valence-corrected chi connectivity index (χ3v) is 6.97. The quantitative estimate of drug-likeness (QED) is 0.567. The van der Waals surface area contributed by atoms with Crippen molar-refractivity contribution in [2.24, 2.45) is 0 Å². The van der Waals surface area contributed by atoms with Crippen LogP contribution in [0.1, 0.15) is 0 Å². The van der Waals surface area contributed by atoms with Gasteiger partial charge in [-0.2, -0.15) is 0 Å². The van der Waals surface area contributed by atoms with Gasteiger partial charge in [0.05, 0.1) is 14.8 Å². The summed E-state index contributed by atoms with van der Waals surface area (Å²) >= 11 is 6.05. The van der Waals surface area contributed by atoms with Crippen LogP contribution in [0.15, 0.2) is 82.6 Å². The van der Waals surface area contributed by atoms with Crippen molar-refractivity contribution in [2.45, 2.75) is 9.79 Å². The Bertz CT molecular complexity index is 1230. The molecule has 0 amide bonds. The van der Waals surface area contributed by atoms with Gasteiger partial charge in [-0.15, -0.1) is 0 Å². The monoisotopic (exact) mass is 452 g/mol. The molecule has 29 heavy (non-hydrogen) atoms. The lowest BCUT2D eigenvalue weighted by Crippen LogP contribution is -2.19. The smallest absolute Gasteiger partial charge is 0.261 e. The van der Waals surface area contributed by atoms with E-state index < -0.39 is 20.0 Å². The maximum atomic E-state index is 12.6. The van der Waals surface area contributed by atoms with Gasteiger partial charge >= 0.3 is 0 Å². The van der Waals surface area contributed by atoms with Gasteiger partial charge in [-0.25, -0.2) is 21.6 Å². The van der Waals surface area contributed by atoms with Crippen LogP contribution >= 0.6 is 11.6 Å². The number of hydrogen-bond donors (Lipinski definition) is 2. The first-order valence-electron chi connectivity index (χ1n) is 8.30. The SMILES string of the molecule is CNS(=O)(=O)c1cccc(S(=O)(=O)Nc2ccc(Oc3ccccc3Cl)cc2)c1. The highest BCUT2D eigenvalue weighted by Crippen LogP contribution is 2.29. The Kier molecular flexibility index (Phi) is 6.13. The lowest BCUT2D eigenvalue weighted by atomic mass is 10.3. The van der Waals surface area contributed by atoms with Crippen LogP contribution in [-0.2, 0) is 20.0 Å². The molecule has 0 spiro atoms. The molecule has 0 aliphatic heterocycles. The van der Waals surface area contributed by atoms with Crippen LogP contribution in [0, 0.1) is 0 Å². The van der Waals surface area contributed by atoms with Crippen molar-refractivity contribution in [1.29, 1.82) is 0 Å². The molecule has 0 unspecified atom stereocenters. The number of rotatable bonds is 7. The fourth-order valence-electron chi connectivity index (χ4n) is 2.39. The van der Waals surface area contributed by atoms with Crippen molar-refractivity contribution in [2.75, 3.05) is 11.8 Å². The molecule has 0 radical (unpaired) electrons. The second kappa shape index (κ2) is 8.42. The van der Waals surface area contributed by atoms with E-state index in [0.717, 1.165) is 6.07 Å². The summed E-state index contributed by atoms with van der Waals surface area (Å²) in [7, 11) is -6.50. The van der Waals surface area contributed by atoms with Crippen LogP contribution < -0.4 is 14.2 Å². The maximum absolute atomic E-state index is 12.6. The number of para-hydroxylation sites is 1. The second-order valence-corrected chi connectivity index (χ2v) is 9.82. The van der Waals surface area contributed by atoms with E-state index in [1.54, 1.807) is 36.4 Å². The molecule has 10 heteroatoms. The van der Waals surface area contributed by atoms with Crippen molar-refractivity contribution < 1.29 is 21.6 Å². The molecule has 0 saturated heterocycles. The predicted octanol–water partition coefficient (Wildman–Crippen LogP) is 3.84. The fourth-order valence-corrected chi connectivity index (χ4v) is 4.51.